The number of rotatable bonds is 7. The van der Waals surface area contributed by atoms with Crippen molar-refractivity contribution in [1.29, 1.82) is 0 Å². The van der Waals surface area contributed by atoms with E-state index in [1.807, 2.05) is 27.2 Å². The molecule has 0 saturated carbocycles. The van der Waals surface area contributed by atoms with Crippen LogP contribution in [0, 0.1) is 13.8 Å². The van der Waals surface area contributed by atoms with Crippen LogP contribution in [0.2, 0.25) is 0 Å². The Morgan fingerprint density at radius 1 is 1.04 bits per heavy atom. The SMILES string of the molecule is CSc1ccc(CN(C)C(=O)CCc2c(C)nc(SC)nc2C)cc1. The lowest BCUT2D eigenvalue weighted by Crippen LogP contribution is -2.26. The molecular weight excluding hydrogens is 350 g/mol. The van der Waals surface area contributed by atoms with Crippen molar-refractivity contribution in [2.45, 2.75) is 43.3 Å². The third-order valence-corrected chi connectivity index (χ3v) is 5.47. The van der Waals surface area contributed by atoms with Crippen molar-refractivity contribution < 1.29 is 4.79 Å². The molecule has 1 amide bonds. The fourth-order valence-corrected chi connectivity index (χ4v) is 3.54. The van der Waals surface area contributed by atoms with E-state index in [9.17, 15) is 4.79 Å². The van der Waals surface area contributed by atoms with Crippen molar-refractivity contribution in [1.82, 2.24) is 14.9 Å². The molecule has 0 saturated heterocycles. The maximum atomic E-state index is 12.5. The summed E-state index contributed by atoms with van der Waals surface area (Å²) in [4.78, 5) is 24.5. The van der Waals surface area contributed by atoms with E-state index in [2.05, 4.69) is 40.5 Å². The second-order valence-corrected chi connectivity index (χ2v) is 7.61. The predicted octanol–water partition coefficient (Wildman–Crippen LogP) is 4.13. The molecule has 0 radical (unpaired) electrons. The number of carbonyl (C=O) groups is 1. The molecule has 1 aromatic heterocycles. The number of thioether (sulfide) groups is 2. The summed E-state index contributed by atoms with van der Waals surface area (Å²) < 4.78 is 0. The Bertz CT molecular complexity index is 709. The van der Waals surface area contributed by atoms with Gasteiger partial charge in [-0.15, -0.1) is 11.8 Å². The van der Waals surface area contributed by atoms with Crippen molar-refractivity contribution in [3.05, 3.63) is 46.8 Å². The zero-order valence-corrected chi connectivity index (χ0v) is 17.1. The molecule has 134 valence electrons. The highest BCUT2D eigenvalue weighted by molar-refractivity contribution is 7.98. The fourth-order valence-electron chi connectivity index (χ4n) is 2.68. The number of hydrogen-bond donors (Lipinski definition) is 0. The highest BCUT2D eigenvalue weighted by atomic mass is 32.2. The lowest BCUT2D eigenvalue weighted by Gasteiger charge is -2.18. The molecule has 0 aliphatic heterocycles. The van der Waals surface area contributed by atoms with Crippen LogP contribution in [0.15, 0.2) is 34.3 Å². The van der Waals surface area contributed by atoms with Gasteiger partial charge in [0, 0.05) is 36.3 Å². The van der Waals surface area contributed by atoms with E-state index in [0.29, 0.717) is 19.4 Å². The van der Waals surface area contributed by atoms with Crippen molar-refractivity contribution in [3.8, 4) is 0 Å². The Morgan fingerprint density at radius 3 is 2.16 bits per heavy atom. The maximum absolute atomic E-state index is 12.5. The second-order valence-electron chi connectivity index (χ2n) is 5.96. The molecular formula is C19H25N3OS2. The van der Waals surface area contributed by atoms with E-state index >= 15 is 0 Å². The van der Waals surface area contributed by atoms with E-state index in [1.54, 1.807) is 28.4 Å². The normalized spacial score (nSPS) is 10.8. The molecule has 25 heavy (non-hydrogen) atoms. The van der Waals surface area contributed by atoms with Gasteiger partial charge in [0.1, 0.15) is 0 Å². The van der Waals surface area contributed by atoms with E-state index < -0.39 is 0 Å². The lowest BCUT2D eigenvalue weighted by molar-refractivity contribution is -0.130. The smallest absolute Gasteiger partial charge is 0.222 e. The summed E-state index contributed by atoms with van der Waals surface area (Å²) in [5.74, 6) is 0.140. The molecule has 2 rings (SSSR count). The topological polar surface area (TPSA) is 46.1 Å². The van der Waals surface area contributed by atoms with Gasteiger partial charge in [-0.1, -0.05) is 23.9 Å². The Hall–Kier alpha value is -1.53. The van der Waals surface area contributed by atoms with Gasteiger partial charge in [-0.25, -0.2) is 9.97 Å². The van der Waals surface area contributed by atoms with Crippen molar-refractivity contribution in [2.24, 2.45) is 0 Å². The van der Waals surface area contributed by atoms with E-state index in [4.69, 9.17) is 0 Å². The van der Waals surface area contributed by atoms with Crippen LogP contribution < -0.4 is 0 Å². The van der Waals surface area contributed by atoms with Crippen LogP contribution in [-0.2, 0) is 17.8 Å². The summed E-state index contributed by atoms with van der Waals surface area (Å²) in [6.07, 6.45) is 5.19. The summed E-state index contributed by atoms with van der Waals surface area (Å²) in [5, 5.41) is 0.788. The van der Waals surface area contributed by atoms with Gasteiger partial charge in [-0.05, 0) is 56.0 Å². The molecule has 0 fully saturated rings. The summed E-state index contributed by atoms with van der Waals surface area (Å²) in [5.41, 5.74) is 4.18. The van der Waals surface area contributed by atoms with Gasteiger partial charge in [0.05, 0.1) is 0 Å². The Labute approximate surface area is 158 Å². The van der Waals surface area contributed by atoms with E-state index in [-0.39, 0.29) is 5.91 Å². The van der Waals surface area contributed by atoms with Crippen LogP contribution in [0.3, 0.4) is 0 Å². The fraction of sp³-hybridized carbons (Fsp3) is 0.421. The molecule has 6 heteroatoms. The number of aryl methyl sites for hydroxylation is 2. The molecule has 0 spiro atoms. The van der Waals surface area contributed by atoms with Crippen LogP contribution in [0.4, 0.5) is 0 Å². The van der Waals surface area contributed by atoms with Gasteiger partial charge in [0.15, 0.2) is 5.16 Å². The number of carbonyl (C=O) groups excluding carboxylic acids is 1. The number of nitrogens with zero attached hydrogens (tertiary/aromatic N) is 3. The monoisotopic (exact) mass is 375 g/mol. The third kappa shape index (κ3) is 5.47. The molecule has 1 heterocycles. The molecule has 0 bridgehead atoms. The lowest BCUT2D eigenvalue weighted by atomic mass is 10.1. The summed E-state index contributed by atoms with van der Waals surface area (Å²) in [6, 6.07) is 8.35. The molecule has 0 atom stereocenters. The standard InChI is InChI=1S/C19H25N3OS2/c1-13-17(14(2)21-19(20-13)25-5)10-11-18(23)22(3)12-15-6-8-16(24-4)9-7-15/h6-9H,10-12H2,1-5H3. The van der Waals surface area contributed by atoms with Crippen LogP contribution >= 0.6 is 23.5 Å². The van der Waals surface area contributed by atoms with Gasteiger partial charge in [0.25, 0.3) is 0 Å². The van der Waals surface area contributed by atoms with E-state index in [1.165, 1.54) is 4.90 Å². The number of amides is 1. The van der Waals surface area contributed by atoms with Gasteiger partial charge >= 0.3 is 0 Å². The number of aromatic nitrogens is 2. The Morgan fingerprint density at radius 2 is 1.64 bits per heavy atom. The predicted molar refractivity (Wildman–Crippen MR) is 106 cm³/mol. The summed E-state index contributed by atoms with van der Waals surface area (Å²) in [7, 11) is 1.86. The number of hydrogen-bond acceptors (Lipinski definition) is 5. The average molecular weight is 376 g/mol. The van der Waals surface area contributed by atoms with Gasteiger partial charge in [-0.3, -0.25) is 4.79 Å². The molecule has 0 N–H and O–H groups in total. The molecule has 0 unspecified atom stereocenters. The highest BCUT2D eigenvalue weighted by Gasteiger charge is 2.13. The van der Waals surface area contributed by atoms with Crippen LogP contribution in [0.5, 0.6) is 0 Å². The molecule has 1 aromatic carbocycles. The van der Waals surface area contributed by atoms with Gasteiger partial charge in [-0.2, -0.15) is 0 Å². The molecule has 0 aliphatic carbocycles. The third-order valence-electron chi connectivity index (χ3n) is 4.18. The minimum atomic E-state index is 0.140. The van der Waals surface area contributed by atoms with Crippen LogP contribution in [-0.4, -0.2) is 40.3 Å². The van der Waals surface area contributed by atoms with Gasteiger partial charge in [0.2, 0.25) is 5.91 Å². The minimum absolute atomic E-state index is 0.140. The first-order chi connectivity index (χ1) is 11.9. The zero-order valence-electron chi connectivity index (χ0n) is 15.5. The highest BCUT2D eigenvalue weighted by Crippen LogP contribution is 2.18. The Balaban J connectivity index is 1.95. The van der Waals surface area contributed by atoms with Crippen molar-refractivity contribution in [3.63, 3.8) is 0 Å². The first kappa shape index (κ1) is 19.8. The minimum Gasteiger partial charge on any atom is -0.341 e. The van der Waals surface area contributed by atoms with Crippen molar-refractivity contribution in [2.75, 3.05) is 19.6 Å². The van der Waals surface area contributed by atoms with Crippen LogP contribution in [0.1, 0.15) is 28.9 Å². The average Bonchev–Trinajstić information content (AvgIpc) is 2.61. The largest absolute Gasteiger partial charge is 0.341 e. The second kappa shape index (κ2) is 9.25. The van der Waals surface area contributed by atoms with Crippen molar-refractivity contribution >= 4 is 29.4 Å². The molecule has 2 aromatic rings. The maximum Gasteiger partial charge on any atom is 0.222 e. The summed E-state index contributed by atoms with van der Waals surface area (Å²) in [6.45, 7) is 4.61. The first-order valence-corrected chi connectivity index (χ1v) is 10.6. The summed E-state index contributed by atoms with van der Waals surface area (Å²) >= 11 is 3.26. The Kier molecular flexibility index (Phi) is 7.32. The number of benzene rings is 1. The quantitative estimate of drug-likeness (QED) is 0.538. The van der Waals surface area contributed by atoms with Gasteiger partial charge < -0.3 is 4.90 Å². The molecule has 4 nitrogen and oxygen atoms in total. The zero-order chi connectivity index (χ0) is 18.4. The first-order valence-electron chi connectivity index (χ1n) is 8.19. The molecule has 0 aliphatic rings. The van der Waals surface area contributed by atoms with Crippen LogP contribution in [0.25, 0.3) is 0 Å². The van der Waals surface area contributed by atoms with E-state index in [0.717, 1.165) is 27.7 Å².